The van der Waals surface area contributed by atoms with Crippen LogP contribution >= 0.6 is 22.9 Å². The van der Waals surface area contributed by atoms with Crippen LogP contribution in [0.25, 0.3) is 10.2 Å². The molecule has 2 heterocycles. The topological polar surface area (TPSA) is 123 Å². The molecule has 0 saturated carbocycles. The van der Waals surface area contributed by atoms with Gasteiger partial charge in [0.05, 0.1) is 58.7 Å². The van der Waals surface area contributed by atoms with Crippen molar-refractivity contribution in [1.82, 2.24) is 9.97 Å². The summed E-state index contributed by atoms with van der Waals surface area (Å²) in [6.07, 6.45) is 1.62. The average molecular weight is 594 g/mol. The third-order valence-electron chi connectivity index (χ3n) is 5.66. The van der Waals surface area contributed by atoms with Crippen LogP contribution in [-0.4, -0.2) is 44.3 Å². The zero-order valence-electron chi connectivity index (χ0n) is 21.2. The molecule has 4 rings (SSSR count). The molecule has 0 aliphatic heterocycles. The van der Waals surface area contributed by atoms with Crippen LogP contribution in [0.5, 0.6) is 5.75 Å². The minimum atomic E-state index is -3.85. The lowest BCUT2D eigenvalue weighted by Gasteiger charge is -2.26. The Morgan fingerprint density at radius 2 is 1.90 bits per heavy atom. The third kappa shape index (κ3) is 6.06. The van der Waals surface area contributed by atoms with Gasteiger partial charge in [0.1, 0.15) is 17.9 Å². The Kier molecular flexibility index (Phi) is 8.85. The maximum absolute atomic E-state index is 15.0. The first-order chi connectivity index (χ1) is 18.7. The summed E-state index contributed by atoms with van der Waals surface area (Å²) in [5.41, 5.74) is 3.44. The maximum atomic E-state index is 15.0. The number of methoxy groups -OCH3 is 1. The van der Waals surface area contributed by atoms with Crippen LogP contribution in [0.1, 0.15) is 29.3 Å². The summed E-state index contributed by atoms with van der Waals surface area (Å²) in [4.78, 5) is 26.4. The lowest BCUT2D eigenvalue weighted by molar-refractivity contribution is 0.102. The zero-order valence-corrected chi connectivity index (χ0v) is 23.6. The molecule has 0 unspecified atom stereocenters. The van der Waals surface area contributed by atoms with Gasteiger partial charge in [-0.3, -0.25) is 13.9 Å². The van der Waals surface area contributed by atoms with Gasteiger partial charge in [0, 0.05) is 5.38 Å². The van der Waals surface area contributed by atoms with Gasteiger partial charge in [-0.2, -0.15) is 0 Å². The van der Waals surface area contributed by atoms with Crippen LogP contribution in [0.4, 0.5) is 21.6 Å². The van der Waals surface area contributed by atoms with Crippen molar-refractivity contribution in [2.45, 2.75) is 19.9 Å². The smallest absolute Gasteiger partial charge is 0.258 e. The molecule has 0 saturated heterocycles. The van der Waals surface area contributed by atoms with Gasteiger partial charge in [-0.1, -0.05) is 30.7 Å². The summed E-state index contributed by atoms with van der Waals surface area (Å²) in [6, 6.07) is 9.21. The molecule has 0 fully saturated rings. The highest BCUT2D eigenvalue weighted by Crippen LogP contribution is 2.38. The van der Waals surface area contributed by atoms with Crippen LogP contribution in [-0.2, 0) is 21.4 Å². The molecular weight excluding hydrogens is 569 g/mol. The van der Waals surface area contributed by atoms with E-state index in [9.17, 15) is 17.6 Å². The molecule has 4 aromatic rings. The van der Waals surface area contributed by atoms with Gasteiger partial charge in [-0.05, 0) is 36.2 Å². The number of benzene rings is 2. The van der Waals surface area contributed by atoms with Gasteiger partial charge in [-0.15, -0.1) is 11.3 Å². The quantitative estimate of drug-likeness (QED) is 0.220. The molecule has 0 bridgehead atoms. The van der Waals surface area contributed by atoms with E-state index in [1.807, 2.05) is 0 Å². The Balaban J connectivity index is 1.72. The number of nitrogens with zero attached hydrogens (tertiary/aromatic N) is 3. The summed E-state index contributed by atoms with van der Waals surface area (Å²) in [7, 11) is -0.901. The Bertz CT molecular complexity index is 1600. The molecule has 0 radical (unpaired) electrons. The second-order valence-corrected chi connectivity index (χ2v) is 11.5. The largest absolute Gasteiger partial charge is 0.497 e. The van der Waals surface area contributed by atoms with E-state index in [1.54, 1.807) is 36.6 Å². The summed E-state index contributed by atoms with van der Waals surface area (Å²) >= 11 is 7.79. The number of hydrogen-bond acceptors (Lipinski definition) is 9. The van der Waals surface area contributed by atoms with Gasteiger partial charge in [-0.25, -0.2) is 28.3 Å². The standard InChI is InChI=1S/C25H25ClFN5O5S2/c1-4-11-39(34,35)32(12-15-5-7-16(36-2)8-6-15)19-10-9-18(27)22(20(19)26)30-25(33)17-13-38-23-21(17)28-14-29-24(23)31-37-3/h5-10,13-14H,4,11-12H2,1-3H3,(H,30,33)(H,28,29,31). The number of hydrogen-bond donors (Lipinski definition) is 2. The number of anilines is 3. The normalized spacial score (nSPS) is 11.4. The molecule has 206 valence electrons. The predicted molar refractivity (Wildman–Crippen MR) is 151 cm³/mol. The molecule has 1 amide bonds. The second-order valence-electron chi connectivity index (χ2n) is 8.24. The molecule has 2 aromatic heterocycles. The third-order valence-corrected chi connectivity index (χ3v) is 8.94. The van der Waals surface area contributed by atoms with Gasteiger partial charge < -0.3 is 10.1 Å². The first kappa shape index (κ1) is 28.5. The fourth-order valence-electron chi connectivity index (χ4n) is 3.81. The molecule has 10 nitrogen and oxygen atoms in total. The SMILES string of the molecule is CCCS(=O)(=O)N(Cc1ccc(OC)cc1)c1ccc(F)c(NC(=O)c2csc3c(NOC)ncnc23)c1Cl. The van der Waals surface area contributed by atoms with E-state index in [2.05, 4.69) is 20.8 Å². The fourth-order valence-corrected chi connectivity index (χ4v) is 6.63. The molecule has 14 heteroatoms. The van der Waals surface area contributed by atoms with E-state index in [-0.39, 0.29) is 34.3 Å². The number of sulfonamides is 1. The van der Waals surface area contributed by atoms with Crippen molar-refractivity contribution >= 4 is 66.3 Å². The molecule has 0 aliphatic carbocycles. The van der Waals surface area contributed by atoms with Crippen LogP contribution < -0.4 is 19.8 Å². The average Bonchev–Trinajstić information content (AvgIpc) is 3.36. The molecule has 0 atom stereocenters. The van der Waals surface area contributed by atoms with Crippen molar-refractivity contribution in [2.24, 2.45) is 0 Å². The molecule has 0 spiro atoms. The van der Waals surface area contributed by atoms with Crippen LogP contribution in [0.15, 0.2) is 48.1 Å². The van der Waals surface area contributed by atoms with Crippen LogP contribution in [0.2, 0.25) is 5.02 Å². The molecule has 0 aliphatic rings. The van der Waals surface area contributed by atoms with E-state index in [0.29, 0.717) is 33.8 Å². The number of carbonyl (C=O) groups excluding carboxylic acids is 1. The van der Waals surface area contributed by atoms with E-state index < -0.39 is 21.7 Å². The highest BCUT2D eigenvalue weighted by molar-refractivity contribution is 7.92. The van der Waals surface area contributed by atoms with Gasteiger partial charge in [0.15, 0.2) is 5.82 Å². The van der Waals surface area contributed by atoms with E-state index in [1.165, 1.54) is 38.0 Å². The number of rotatable bonds is 11. The van der Waals surface area contributed by atoms with E-state index in [4.69, 9.17) is 21.2 Å². The van der Waals surface area contributed by atoms with E-state index in [0.717, 1.165) is 10.4 Å². The number of thiophene rings is 1. The Labute approximate surface area is 233 Å². The number of nitrogens with one attached hydrogen (secondary N) is 2. The van der Waals surface area contributed by atoms with Crippen molar-refractivity contribution < 1.29 is 27.2 Å². The number of amides is 1. The van der Waals surface area contributed by atoms with Crippen molar-refractivity contribution in [3.63, 3.8) is 0 Å². The monoisotopic (exact) mass is 593 g/mol. The summed E-state index contributed by atoms with van der Waals surface area (Å²) < 4.78 is 48.4. The molecule has 2 aromatic carbocycles. The first-order valence-electron chi connectivity index (χ1n) is 11.6. The summed E-state index contributed by atoms with van der Waals surface area (Å²) in [5, 5.41) is 3.78. The second kappa shape index (κ2) is 12.1. The highest BCUT2D eigenvalue weighted by Gasteiger charge is 2.28. The summed E-state index contributed by atoms with van der Waals surface area (Å²) in [6.45, 7) is 1.68. The number of aromatic nitrogens is 2. The lowest BCUT2D eigenvalue weighted by Crippen LogP contribution is -2.33. The number of halogens is 2. The van der Waals surface area contributed by atoms with Gasteiger partial charge in [0.2, 0.25) is 10.0 Å². The number of carbonyl (C=O) groups is 1. The highest BCUT2D eigenvalue weighted by atomic mass is 35.5. The number of fused-ring (bicyclic) bond motifs is 1. The minimum Gasteiger partial charge on any atom is -0.497 e. The Morgan fingerprint density at radius 3 is 2.56 bits per heavy atom. The Hall–Kier alpha value is -3.52. The molecule has 2 N–H and O–H groups in total. The van der Waals surface area contributed by atoms with Crippen molar-refractivity contribution in [1.29, 1.82) is 0 Å². The van der Waals surface area contributed by atoms with E-state index >= 15 is 0 Å². The molecule has 39 heavy (non-hydrogen) atoms. The maximum Gasteiger partial charge on any atom is 0.258 e. The Morgan fingerprint density at radius 1 is 1.15 bits per heavy atom. The first-order valence-corrected chi connectivity index (χ1v) is 14.5. The van der Waals surface area contributed by atoms with Crippen molar-refractivity contribution in [3.8, 4) is 5.75 Å². The van der Waals surface area contributed by atoms with Crippen molar-refractivity contribution in [3.05, 3.63) is 70.1 Å². The van der Waals surface area contributed by atoms with Crippen LogP contribution in [0.3, 0.4) is 0 Å². The zero-order chi connectivity index (χ0) is 28.2. The van der Waals surface area contributed by atoms with Crippen molar-refractivity contribution in [2.75, 3.05) is 35.1 Å². The minimum absolute atomic E-state index is 0.0294. The summed E-state index contributed by atoms with van der Waals surface area (Å²) in [5.74, 6) is -0.683. The van der Waals surface area contributed by atoms with Crippen LogP contribution in [0, 0.1) is 5.82 Å². The predicted octanol–water partition coefficient (Wildman–Crippen LogP) is 5.46. The van der Waals surface area contributed by atoms with Gasteiger partial charge in [0.25, 0.3) is 5.91 Å². The lowest BCUT2D eigenvalue weighted by atomic mass is 10.2. The fraction of sp³-hybridized carbons (Fsp3) is 0.240. The molecular formula is C25H25ClFN5O5S2. The number of ether oxygens (including phenoxy) is 1. The van der Waals surface area contributed by atoms with Gasteiger partial charge >= 0.3 is 0 Å².